The van der Waals surface area contributed by atoms with Crippen molar-refractivity contribution < 1.29 is 49.7 Å². The zero-order valence-electron chi connectivity index (χ0n) is 19.0. The number of benzene rings is 1. The number of primary amides is 1. The fraction of sp³-hybridized carbons (Fsp3) is 0.476. The van der Waals surface area contributed by atoms with Crippen molar-refractivity contribution in [2.45, 2.75) is 23.8 Å². The minimum atomic E-state index is -4.44. The molecule has 1 saturated heterocycles. The summed E-state index contributed by atoms with van der Waals surface area (Å²) in [5, 5.41) is 13.3. The summed E-state index contributed by atoms with van der Waals surface area (Å²) < 4.78 is 63.9. The second kappa shape index (κ2) is 11.2. The van der Waals surface area contributed by atoms with Crippen LogP contribution in [0.5, 0.6) is 0 Å². The van der Waals surface area contributed by atoms with Gasteiger partial charge in [-0.05, 0) is 0 Å². The first-order valence-corrected chi connectivity index (χ1v) is 16.0. The Kier molecular flexibility index (Phi) is 8.72. The van der Waals surface area contributed by atoms with Crippen LogP contribution >= 0.6 is 0 Å². The van der Waals surface area contributed by atoms with E-state index in [4.69, 9.17) is 5.73 Å². The Balaban J connectivity index is 1.69. The molecule has 0 spiro atoms. The number of hydrogen-bond donors (Lipinski definition) is 4. The topological polar surface area (TPSA) is 128 Å². The van der Waals surface area contributed by atoms with E-state index in [2.05, 4.69) is 15.3 Å². The molecule has 0 bridgehead atoms. The van der Waals surface area contributed by atoms with Crippen molar-refractivity contribution in [3.05, 3.63) is 47.5 Å². The van der Waals surface area contributed by atoms with E-state index in [-0.39, 0.29) is 35.8 Å². The normalized spacial score (nSPS) is 22.9. The number of amides is 1. The Morgan fingerprint density at radius 2 is 2.00 bits per heavy atom. The molecule has 5 N–H and O–H groups in total. The minimum absolute atomic E-state index is 0.0166. The van der Waals surface area contributed by atoms with E-state index in [1.165, 1.54) is 12.1 Å². The van der Waals surface area contributed by atoms with Crippen LogP contribution in [-0.2, 0) is 17.5 Å². The average Bonchev–Trinajstić information content (AvgIpc) is 2.79. The maximum atomic E-state index is 15.3. The van der Waals surface area contributed by atoms with Crippen molar-refractivity contribution >= 4 is 17.5 Å². The predicted molar refractivity (Wildman–Crippen MR) is 117 cm³/mol. The Morgan fingerprint density at radius 3 is 2.57 bits per heavy atom. The molecule has 14 heteroatoms. The van der Waals surface area contributed by atoms with Gasteiger partial charge in [0.2, 0.25) is 0 Å². The number of nitrogens with zero attached hydrogens (tertiary/aromatic N) is 4. The van der Waals surface area contributed by atoms with Crippen molar-refractivity contribution in [1.29, 1.82) is 0 Å². The first-order valence-electron chi connectivity index (χ1n) is 10.7. The Labute approximate surface area is 204 Å². The van der Waals surface area contributed by atoms with E-state index in [0.29, 0.717) is 23.1 Å². The van der Waals surface area contributed by atoms with Gasteiger partial charge in [-0.2, -0.15) is 13.2 Å². The number of alkyl halides is 6. The summed E-state index contributed by atoms with van der Waals surface area (Å²) in [5.74, 6) is -1.49. The monoisotopic (exact) mass is 615 g/mol. The number of halogens is 5. The van der Waals surface area contributed by atoms with Crippen LogP contribution in [0, 0.1) is 5.82 Å². The third kappa shape index (κ3) is 6.89. The summed E-state index contributed by atoms with van der Waals surface area (Å²) >= 11 is -3.75. The number of nitrogens with two attached hydrogens (primary N) is 1. The molecule has 196 valence electrons. The number of aliphatic hydroxyl groups is 1. The molecule has 1 aromatic carbocycles. The van der Waals surface area contributed by atoms with Gasteiger partial charge in [0.05, 0.1) is 0 Å². The van der Waals surface area contributed by atoms with Gasteiger partial charge in [-0.3, -0.25) is 0 Å². The Hall–Kier alpha value is -2.30. The zero-order chi connectivity index (χ0) is 25.8. The molecular weight excluding hydrogens is 587 g/mol. The molecule has 0 aliphatic carbocycles. The van der Waals surface area contributed by atoms with Gasteiger partial charge in [0.15, 0.2) is 0 Å². The van der Waals surface area contributed by atoms with E-state index < -0.39 is 46.4 Å². The van der Waals surface area contributed by atoms with Crippen LogP contribution < -0.4 is 34.8 Å². The van der Waals surface area contributed by atoms with Crippen molar-refractivity contribution in [2.24, 2.45) is 5.73 Å². The zero-order valence-corrected chi connectivity index (χ0v) is 21.1. The Morgan fingerprint density at radius 1 is 1.31 bits per heavy atom. The molecule has 9 nitrogen and oxygen atoms in total. The van der Waals surface area contributed by atoms with E-state index in [1.54, 1.807) is 16.7 Å². The van der Waals surface area contributed by atoms with Gasteiger partial charge < -0.3 is 0 Å². The molecule has 35 heavy (non-hydrogen) atoms. The van der Waals surface area contributed by atoms with Gasteiger partial charge in [-0.25, -0.2) is 0 Å². The molecule has 2 atom stereocenters. The van der Waals surface area contributed by atoms with Crippen LogP contribution in [0.1, 0.15) is 18.1 Å². The van der Waals surface area contributed by atoms with Gasteiger partial charge in [0, 0.05) is 0 Å². The number of carbonyl (C=O) groups is 1. The summed E-state index contributed by atoms with van der Waals surface area (Å²) in [5.41, 5.74) is 4.96. The first-order chi connectivity index (χ1) is 16.4. The molecule has 1 aliphatic rings. The third-order valence-electron chi connectivity index (χ3n) is 5.56. The fourth-order valence-electron chi connectivity index (χ4n) is 3.58. The third-order valence-corrected chi connectivity index (χ3v) is 12.7. The molecule has 1 aliphatic heterocycles. The van der Waals surface area contributed by atoms with Gasteiger partial charge in [0.1, 0.15) is 0 Å². The number of hydrogen-bond acceptors (Lipinski definition) is 8. The van der Waals surface area contributed by atoms with Crippen molar-refractivity contribution in [3.8, 4) is 0 Å². The van der Waals surface area contributed by atoms with E-state index in [0.717, 1.165) is 18.5 Å². The number of nitrogens with one attached hydrogen (secondary N) is 1. The number of carbonyl (C=O) groups excluding carboxylic acids is 1. The summed E-state index contributed by atoms with van der Waals surface area (Å²) in [7, 11) is 0. The number of anilines is 2. The molecule has 1 fully saturated rings. The molecular formula is C21H28F4IN6O3-. The second-order valence-corrected chi connectivity index (χ2v) is 16.1. The molecule has 3 rings (SSSR count). The molecule has 1 amide bonds. The molecule has 2 heterocycles. The van der Waals surface area contributed by atoms with Crippen LogP contribution in [-0.4, -0.2) is 68.6 Å². The average molecular weight is 615 g/mol. The SMILES string of the molecule is CCN(Cc1ccc(C(F)(F)F)cc1)c1ncnc(NC[I-]2(O)CCN(CC(N)=O)C[C@@H]2O)c1F. The second-order valence-electron chi connectivity index (χ2n) is 8.04. The molecule has 1 unspecified atom stereocenters. The molecule has 0 saturated carbocycles. The standard InChI is InChI=1S/C21H28F4IN6O3/c1-2-32(9-14-3-5-15(6-4-14)21(23,24)25)20-18(22)19(29-13-30-20)28-12-26(35)7-8-31(10-16(26)33)11-17(27)34/h3-6,13,16,33,35H,2,7-12H2,1H3,(H2,27,34)(H,28,29,30)/q-1/t16-/m0/s1. The van der Waals surface area contributed by atoms with Gasteiger partial charge in [-0.15, -0.1) is 0 Å². The molecule has 1 aromatic heterocycles. The Bertz CT molecular complexity index is 1030. The summed E-state index contributed by atoms with van der Waals surface area (Å²) in [6, 6.07) is 4.61. The van der Waals surface area contributed by atoms with Crippen LogP contribution in [0.3, 0.4) is 0 Å². The van der Waals surface area contributed by atoms with Crippen molar-refractivity contribution in [3.63, 3.8) is 0 Å². The van der Waals surface area contributed by atoms with E-state index in [9.17, 15) is 26.5 Å². The summed E-state index contributed by atoms with van der Waals surface area (Å²) in [4.78, 5) is 22.2. The summed E-state index contributed by atoms with van der Waals surface area (Å²) in [6.07, 6.45) is -3.29. The van der Waals surface area contributed by atoms with E-state index >= 15 is 4.39 Å². The first kappa shape index (κ1) is 27.3. The van der Waals surface area contributed by atoms with Crippen molar-refractivity contribution in [1.82, 2.24) is 14.9 Å². The van der Waals surface area contributed by atoms with Crippen molar-refractivity contribution in [2.75, 3.05) is 45.4 Å². The van der Waals surface area contributed by atoms with Crippen LogP contribution in [0.2, 0.25) is 0 Å². The van der Waals surface area contributed by atoms with Crippen LogP contribution in [0.4, 0.5) is 29.2 Å². The number of aromatic nitrogens is 2. The predicted octanol–water partition coefficient (Wildman–Crippen LogP) is -1.78. The van der Waals surface area contributed by atoms with Crippen LogP contribution in [0.25, 0.3) is 0 Å². The quantitative estimate of drug-likeness (QED) is 0.113. The van der Waals surface area contributed by atoms with Crippen LogP contribution in [0.15, 0.2) is 30.6 Å². The van der Waals surface area contributed by atoms with Gasteiger partial charge in [-0.1, -0.05) is 0 Å². The van der Waals surface area contributed by atoms with Gasteiger partial charge in [0.25, 0.3) is 0 Å². The fourth-order valence-corrected chi connectivity index (χ4v) is 9.02. The number of aliphatic hydroxyl groups excluding tert-OH is 1. The molecule has 2 aromatic rings. The molecule has 0 radical (unpaired) electrons. The maximum absolute atomic E-state index is 15.3. The number of β-amino-alcohol motifs (C(OH)–C–C–N with tert-alkyl or cyclic N) is 1. The number of rotatable bonds is 9. The van der Waals surface area contributed by atoms with E-state index in [1.807, 2.05) is 0 Å². The summed E-state index contributed by atoms with van der Waals surface area (Å²) in [6.45, 7) is 2.68. The van der Waals surface area contributed by atoms with Gasteiger partial charge >= 0.3 is 191 Å².